The summed E-state index contributed by atoms with van der Waals surface area (Å²) < 4.78 is 1.84. The summed E-state index contributed by atoms with van der Waals surface area (Å²) in [7, 11) is 1.95. The third-order valence-corrected chi connectivity index (χ3v) is 3.63. The van der Waals surface area contributed by atoms with Gasteiger partial charge in [-0.2, -0.15) is 5.10 Å². The van der Waals surface area contributed by atoms with Crippen LogP contribution >= 0.6 is 0 Å². The second-order valence-corrected chi connectivity index (χ2v) is 5.47. The van der Waals surface area contributed by atoms with Crippen LogP contribution in [0.5, 0.6) is 0 Å². The van der Waals surface area contributed by atoms with Gasteiger partial charge in [-0.25, -0.2) is 0 Å². The molecule has 0 aliphatic carbocycles. The fraction of sp³-hybridized carbons (Fsp3) is 0.471. The van der Waals surface area contributed by atoms with Crippen molar-refractivity contribution in [2.75, 3.05) is 5.32 Å². The van der Waals surface area contributed by atoms with Crippen molar-refractivity contribution in [1.82, 2.24) is 9.78 Å². The lowest BCUT2D eigenvalue weighted by Gasteiger charge is -2.14. The lowest BCUT2D eigenvalue weighted by Crippen LogP contribution is -2.05. The Hall–Kier alpha value is -1.77. The Morgan fingerprint density at radius 3 is 2.55 bits per heavy atom. The highest BCUT2D eigenvalue weighted by atomic mass is 15.2. The average molecular weight is 271 g/mol. The molecule has 1 aromatic carbocycles. The maximum Gasteiger partial charge on any atom is 0.0542 e. The number of unbranched alkanes of at least 4 members (excludes halogenated alkanes) is 2. The van der Waals surface area contributed by atoms with Gasteiger partial charge in [0, 0.05) is 24.5 Å². The number of benzene rings is 1. The average Bonchev–Trinajstić information content (AvgIpc) is 2.88. The van der Waals surface area contributed by atoms with Gasteiger partial charge < -0.3 is 5.32 Å². The summed E-state index contributed by atoms with van der Waals surface area (Å²) in [6, 6.07) is 9.08. The minimum Gasteiger partial charge on any atom is -0.378 e. The largest absolute Gasteiger partial charge is 0.378 e. The molecule has 0 fully saturated rings. The van der Waals surface area contributed by atoms with E-state index in [0.717, 1.165) is 0 Å². The number of rotatable bonds is 7. The molecule has 0 saturated heterocycles. The molecule has 2 rings (SSSR count). The van der Waals surface area contributed by atoms with E-state index in [1.54, 1.807) is 0 Å². The summed E-state index contributed by atoms with van der Waals surface area (Å²) in [5.41, 5.74) is 3.80. The molecule has 108 valence electrons. The van der Waals surface area contributed by atoms with E-state index < -0.39 is 0 Å². The van der Waals surface area contributed by atoms with Crippen LogP contribution in [0.3, 0.4) is 0 Å². The molecule has 1 atom stereocenters. The monoisotopic (exact) mass is 271 g/mol. The number of aromatic nitrogens is 2. The van der Waals surface area contributed by atoms with Gasteiger partial charge in [0.25, 0.3) is 0 Å². The van der Waals surface area contributed by atoms with Crippen molar-refractivity contribution in [3.05, 3.63) is 47.8 Å². The van der Waals surface area contributed by atoms with Crippen LogP contribution in [0.25, 0.3) is 0 Å². The molecule has 0 aliphatic rings. The molecule has 1 unspecified atom stereocenters. The van der Waals surface area contributed by atoms with Gasteiger partial charge in [-0.05, 0) is 37.5 Å². The van der Waals surface area contributed by atoms with E-state index in [1.807, 2.05) is 17.9 Å². The minimum atomic E-state index is 0.273. The summed E-state index contributed by atoms with van der Waals surface area (Å²) >= 11 is 0. The van der Waals surface area contributed by atoms with Crippen LogP contribution in [-0.2, 0) is 13.5 Å². The SMILES string of the molecule is CCCCCc1ccc(NC(C)c2cnn(C)c2)cc1. The Balaban J connectivity index is 1.90. The summed E-state index contributed by atoms with van der Waals surface area (Å²) in [4.78, 5) is 0. The van der Waals surface area contributed by atoms with Crippen molar-refractivity contribution in [2.45, 2.75) is 45.6 Å². The van der Waals surface area contributed by atoms with Crippen molar-refractivity contribution < 1.29 is 0 Å². The maximum atomic E-state index is 4.21. The van der Waals surface area contributed by atoms with Gasteiger partial charge in [0.05, 0.1) is 12.2 Å². The molecule has 1 heterocycles. The topological polar surface area (TPSA) is 29.9 Å². The zero-order chi connectivity index (χ0) is 14.4. The second-order valence-electron chi connectivity index (χ2n) is 5.47. The third-order valence-electron chi connectivity index (χ3n) is 3.63. The van der Waals surface area contributed by atoms with Crippen molar-refractivity contribution in [2.24, 2.45) is 7.05 Å². The van der Waals surface area contributed by atoms with Gasteiger partial charge in [0.15, 0.2) is 0 Å². The van der Waals surface area contributed by atoms with Crippen molar-refractivity contribution in [3.63, 3.8) is 0 Å². The van der Waals surface area contributed by atoms with Crippen LogP contribution in [-0.4, -0.2) is 9.78 Å². The van der Waals surface area contributed by atoms with Gasteiger partial charge in [-0.3, -0.25) is 4.68 Å². The first-order chi connectivity index (χ1) is 9.69. The van der Waals surface area contributed by atoms with Crippen LogP contribution in [0.4, 0.5) is 5.69 Å². The Morgan fingerprint density at radius 1 is 1.20 bits per heavy atom. The van der Waals surface area contributed by atoms with E-state index in [0.29, 0.717) is 0 Å². The first-order valence-electron chi connectivity index (χ1n) is 7.53. The lowest BCUT2D eigenvalue weighted by molar-refractivity contribution is 0.717. The van der Waals surface area contributed by atoms with Gasteiger partial charge in [-0.15, -0.1) is 0 Å². The zero-order valence-corrected chi connectivity index (χ0v) is 12.8. The summed E-state index contributed by atoms with van der Waals surface area (Å²) in [5, 5.41) is 7.72. The van der Waals surface area contributed by atoms with Gasteiger partial charge in [0.1, 0.15) is 0 Å². The molecule has 0 bridgehead atoms. The fourth-order valence-electron chi connectivity index (χ4n) is 2.34. The fourth-order valence-corrected chi connectivity index (χ4v) is 2.34. The molecular weight excluding hydrogens is 246 g/mol. The van der Waals surface area contributed by atoms with Gasteiger partial charge in [-0.1, -0.05) is 31.9 Å². The molecule has 0 aliphatic heterocycles. The molecule has 2 aromatic rings. The van der Waals surface area contributed by atoms with Crippen molar-refractivity contribution in [3.8, 4) is 0 Å². The number of hydrogen-bond acceptors (Lipinski definition) is 2. The zero-order valence-electron chi connectivity index (χ0n) is 12.8. The first kappa shape index (κ1) is 14.6. The van der Waals surface area contributed by atoms with E-state index in [1.165, 1.54) is 42.5 Å². The Bertz CT molecular complexity index is 513. The highest BCUT2D eigenvalue weighted by molar-refractivity contribution is 5.46. The van der Waals surface area contributed by atoms with E-state index in [9.17, 15) is 0 Å². The van der Waals surface area contributed by atoms with E-state index in [-0.39, 0.29) is 6.04 Å². The van der Waals surface area contributed by atoms with E-state index in [4.69, 9.17) is 0 Å². The molecule has 3 heteroatoms. The van der Waals surface area contributed by atoms with E-state index in [2.05, 4.69) is 54.7 Å². The molecule has 3 nitrogen and oxygen atoms in total. The van der Waals surface area contributed by atoms with Crippen molar-refractivity contribution >= 4 is 5.69 Å². The molecule has 0 spiro atoms. The molecular formula is C17H25N3. The minimum absolute atomic E-state index is 0.273. The Labute approximate surface area is 122 Å². The number of aryl methyl sites for hydroxylation is 2. The summed E-state index contributed by atoms with van der Waals surface area (Å²) in [5.74, 6) is 0. The predicted molar refractivity (Wildman–Crippen MR) is 84.9 cm³/mol. The molecule has 1 N–H and O–H groups in total. The highest BCUT2D eigenvalue weighted by Crippen LogP contribution is 2.19. The summed E-state index contributed by atoms with van der Waals surface area (Å²) in [6.45, 7) is 4.40. The molecule has 20 heavy (non-hydrogen) atoms. The molecule has 0 saturated carbocycles. The second kappa shape index (κ2) is 7.13. The quantitative estimate of drug-likeness (QED) is 0.760. The Kier molecular flexibility index (Phi) is 5.22. The van der Waals surface area contributed by atoms with Crippen LogP contribution in [0.15, 0.2) is 36.7 Å². The Morgan fingerprint density at radius 2 is 1.95 bits per heavy atom. The van der Waals surface area contributed by atoms with Crippen molar-refractivity contribution in [1.29, 1.82) is 0 Å². The third kappa shape index (κ3) is 4.12. The number of hydrogen-bond donors (Lipinski definition) is 1. The first-order valence-corrected chi connectivity index (χ1v) is 7.53. The van der Waals surface area contributed by atoms with Crippen LogP contribution in [0, 0.1) is 0 Å². The lowest BCUT2D eigenvalue weighted by atomic mass is 10.1. The molecule has 1 aromatic heterocycles. The highest BCUT2D eigenvalue weighted by Gasteiger charge is 2.07. The molecule has 0 amide bonds. The predicted octanol–water partition coefficient (Wildman–Crippen LogP) is 4.33. The van der Waals surface area contributed by atoms with Crippen LogP contribution in [0.1, 0.15) is 50.3 Å². The number of anilines is 1. The number of nitrogens with zero attached hydrogens (tertiary/aromatic N) is 2. The van der Waals surface area contributed by atoms with Crippen LogP contribution in [0.2, 0.25) is 0 Å². The standard InChI is InChI=1S/C17H25N3/c1-4-5-6-7-15-8-10-17(11-9-15)19-14(2)16-12-18-20(3)13-16/h8-14,19H,4-7H2,1-3H3. The number of nitrogens with one attached hydrogen (secondary N) is 1. The van der Waals surface area contributed by atoms with Crippen LogP contribution < -0.4 is 5.32 Å². The molecule has 0 radical (unpaired) electrons. The normalized spacial score (nSPS) is 12.3. The van der Waals surface area contributed by atoms with E-state index >= 15 is 0 Å². The summed E-state index contributed by atoms with van der Waals surface area (Å²) in [6.07, 6.45) is 9.04. The van der Waals surface area contributed by atoms with Gasteiger partial charge in [0.2, 0.25) is 0 Å². The smallest absolute Gasteiger partial charge is 0.0542 e. The maximum absolute atomic E-state index is 4.21. The van der Waals surface area contributed by atoms with Gasteiger partial charge >= 0.3 is 0 Å².